The lowest BCUT2D eigenvalue weighted by atomic mass is 10.1. The minimum absolute atomic E-state index is 0.295. The Balaban J connectivity index is 2.11. The zero-order chi connectivity index (χ0) is 14.5. The highest BCUT2D eigenvalue weighted by Gasteiger charge is 2.06. The van der Waals surface area contributed by atoms with Crippen molar-refractivity contribution in [1.82, 2.24) is 5.43 Å². The average molecular weight is 288 g/mol. The molecular formula is C15H14ClN3O. The second kappa shape index (κ2) is 6.21. The maximum absolute atomic E-state index is 11.9. The molecule has 0 saturated carbocycles. The number of anilines is 1. The molecule has 5 heteroatoms. The monoisotopic (exact) mass is 287 g/mol. The molecule has 0 bridgehead atoms. The summed E-state index contributed by atoms with van der Waals surface area (Å²) in [7, 11) is 0. The number of carbonyl (C=O) groups is 1. The predicted molar refractivity (Wildman–Crippen MR) is 82.0 cm³/mol. The van der Waals surface area contributed by atoms with Gasteiger partial charge in [0.15, 0.2) is 0 Å². The van der Waals surface area contributed by atoms with Gasteiger partial charge in [-0.15, -0.1) is 0 Å². The van der Waals surface area contributed by atoms with Gasteiger partial charge in [0.05, 0.1) is 5.71 Å². The Bertz CT molecular complexity index is 650. The molecule has 2 aromatic rings. The fourth-order valence-electron chi connectivity index (χ4n) is 1.65. The third-order valence-corrected chi connectivity index (χ3v) is 3.09. The summed E-state index contributed by atoms with van der Waals surface area (Å²) >= 11 is 6.06. The number of nitrogens with two attached hydrogens (primary N) is 1. The molecule has 0 heterocycles. The molecule has 3 N–H and O–H groups in total. The number of nitrogens with one attached hydrogen (secondary N) is 1. The molecule has 2 aromatic carbocycles. The normalized spacial score (nSPS) is 11.2. The smallest absolute Gasteiger partial charge is 0.271 e. The van der Waals surface area contributed by atoms with Crippen LogP contribution in [0.2, 0.25) is 5.02 Å². The maximum Gasteiger partial charge on any atom is 0.271 e. The topological polar surface area (TPSA) is 67.5 Å². The number of halogens is 1. The quantitative estimate of drug-likeness (QED) is 0.517. The van der Waals surface area contributed by atoms with E-state index in [0.29, 0.717) is 22.0 Å². The largest absolute Gasteiger partial charge is 0.399 e. The zero-order valence-electron chi connectivity index (χ0n) is 10.9. The summed E-state index contributed by atoms with van der Waals surface area (Å²) in [6.07, 6.45) is 0. The maximum atomic E-state index is 11.9. The van der Waals surface area contributed by atoms with Gasteiger partial charge in [-0.3, -0.25) is 4.79 Å². The van der Waals surface area contributed by atoms with Gasteiger partial charge < -0.3 is 5.73 Å². The Hall–Kier alpha value is -2.33. The molecule has 1 amide bonds. The van der Waals surface area contributed by atoms with E-state index in [4.69, 9.17) is 17.3 Å². The van der Waals surface area contributed by atoms with Crippen molar-refractivity contribution in [1.29, 1.82) is 0 Å². The Kier molecular flexibility index (Phi) is 4.38. The summed E-state index contributed by atoms with van der Waals surface area (Å²) in [4.78, 5) is 11.9. The molecule has 0 aliphatic rings. The van der Waals surface area contributed by atoms with E-state index in [1.54, 1.807) is 37.3 Å². The van der Waals surface area contributed by atoms with Crippen LogP contribution in [-0.4, -0.2) is 11.6 Å². The summed E-state index contributed by atoms with van der Waals surface area (Å²) in [5.74, 6) is -0.295. The summed E-state index contributed by atoms with van der Waals surface area (Å²) in [5, 5.41) is 4.65. The average Bonchev–Trinajstić information content (AvgIpc) is 2.45. The molecule has 102 valence electrons. The minimum Gasteiger partial charge on any atom is -0.399 e. The Morgan fingerprint density at radius 2 is 1.80 bits per heavy atom. The molecule has 0 atom stereocenters. The number of nitrogen functional groups attached to an aromatic ring is 1. The van der Waals surface area contributed by atoms with Crippen LogP contribution in [0.15, 0.2) is 53.6 Å². The van der Waals surface area contributed by atoms with Crippen LogP contribution in [-0.2, 0) is 0 Å². The summed E-state index contributed by atoms with van der Waals surface area (Å²) in [6.45, 7) is 1.78. The van der Waals surface area contributed by atoms with E-state index < -0.39 is 0 Å². The molecule has 0 fully saturated rings. The summed E-state index contributed by atoms with van der Waals surface area (Å²) in [5.41, 5.74) is 10.6. The van der Waals surface area contributed by atoms with E-state index in [1.165, 1.54) is 0 Å². The van der Waals surface area contributed by atoms with E-state index in [0.717, 1.165) is 5.56 Å². The zero-order valence-corrected chi connectivity index (χ0v) is 11.7. The van der Waals surface area contributed by atoms with E-state index >= 15 is 0 Å². The lowest BCUT2D eigenvalue weighted by molar-refractivity contribution is 0.0955. The van der Waals surface area contributed by atoms with Crippen LogP contribution in [0.25, 0.3) is 0 Å². The molecule has 0 aromatic heterocycles. The van der Waals surface area contributed by atoms with Crippen LogP contribution >= 0.6 is 11.6 Å². The van der Waals surface area contributed by atoms with Gasteiger partial charge in [0.2, 0.25) is 0 Å². The van der Waals surface area contributed by atoms with Crippen LogP contribution in [0, 0.1) is 0 Å². The van der Waals surface area contributed by atoms with Crippen molar-refractivity contribution in [3.63, 3.8) is 0 Å². The number of carbonyl (C=O) groups excluding carboxylic acids is 1. The number of nitrogens with zero attached hydrogens (tertiary/aromatic N) is 1. The number of hydrogen-bond acceptors (Lipinski definition) is 3. The van der Waals surface area contributed by atoms with Gasteiger partial charge in [-0.05, 0) is 37.3 Å². The van der Waals surface area contributed by atoms with Crippen LogP contribution in [0.3, 0.4) is 0 Å². The van der Waals surface area contributed by atoms with Crippen molar-refractivity contribution in [2.75, 3.05) is 5.73 Å². The van der Waals surface area contributed by atoms with Crippen molar-refractivity contribution in [2.24, 2.45) is 5.10 Å². The van der Waals surface area contributed by atoms with Crippen LogP contribution in [0.1, 0.15) is 22.8 Å². The third-order valence-electron chi connectivity index (χ3n) is 2.76. The molecule has 0 unspecified atom stereocenters. The number of hydrazone groups is 1. The van der Waals surface area contributed by atoms with Crippen molar-refractivity contribution in [2.45, 2.75) is 6.92 Å². The van der Waals surface area contributed by atoms with Gasteiger partial charge in [0, 0.05) is 21.8 Å². The Morgan fingerprint density at radius 3 is 2.45 bits per heavy atom. The van der Waals surface area contributed by atoms with Gasteiger partial charge in [-0.25, -0.2) is 5.43 Å². The highest BCUT2D eigenvalue weighted by Crippen LogP contribution is 2.15. The molecule has 0 spiro atoms. The predicted octanol–water partition coefficient (Wildman–Crippen LogP) is 3.08. The van der Waals surface area contributed by atoms with Crippen molar-refractivity contribution in [3.05, 3.63) is 64.7 Å². The van der Waals surface area contributed by atoms with Gasteiger partial charge in [0.25, 0.3) is 5.91 Å². The highest BCUT2D eigenvalue weighted by atomic mass is 35.5. The number of benzene rings is 2. The van der Waals surface area contributed by atoms with Crippen molar-refractivity contribution >= 4 is 28.9 Å². The standard InChI is InChI=1S/C15H14ClN3O/c1-10(13-4-2-3-5-14(13)16)18-19-15(20)11-6-8-12(17)9-7-11/h2-9H,17H2,1H3,(H,19,20)/b18-10+. The van der Waals surface area contributed by atoms with Gasteiger partial charge in [0.1, 0.15) is 0 Å². The first-order valence-electron chi connectivity index (χ1n) is 6.03. The van der Waals surface area contributed by atoms with Crippen LogP contribution in [0.4, 0.5) is 5.69 Å². The van der Waals surface area contributed by atoms with E-state index in [2.05, 4.69) is 10.5 Å². The molecule has 4 nitrogen and oxygen atoms in total. The summed E-state index contributed by atoms with van der Waals surface area (Å²) in [6, 6.07) is 13.9. The van der Waals surface area contributed by atoms with Crippen LogP contribution < -0.4 is 11.2 Å². The van der Waals surface area contributed by atoms with E-state index in [9.17, 15) is 4.79 Å². The second-order valence-corrected chi connectivity index (χ2v) is 4.65. The fourth-order valence-corrected chi connectivity index (χ4v) is 1.92. The van der Waals surface area contributed by atoms with Crippen molar-refractivity contribution in [3.8, 4) is 0 Å². The first-order valence-corrected chi connectivity index (χ1v) is 6.41. The fraction of sp³-hybridized carbons (Fsp3) is 0.0667. The molecule has 0 aliphatic heterocycles. The molecule has 0 saturated heterocycles. The lowest BCUT2D eigenvalue weighted by Gasteiger charge is -2.05. The van der Waals surface area contributed by atoms with Crippen molar-refractivity contribution < 1.29 is 4.79 Å². The molecule has 2 rings (SSSR count). The summed E-state index contributed by atoms with van der Waals surface area (Å²) < 4.78 is 0. The number of amides is 1. The second-order valence-electron chi connectivity index (χ2n) is 4.24. The minimum atomic E-state index is -0.295. The van der Waals surface area contributed by atoms with Crippen LogP contribution in [0.5, 0.6) is 0 Å². The molecule has 20 heavy (non-hydrogen) atoms. The SMILES string of the molecule is C/C(=N\NC(=O)c1ccc(N)cc1)c1ccccc1Cl. The first kappa shape index (κ1) is 14.1. The third kappa shape index (κ3) is 3.36. The molecular weight excluding hydrogens is 274 g/mol. The number of hydrogen-bond donors (Lipinski definition) is 2. The van der Waals surface area contributed by atoms with Gasteiger partial charge in [-0.2, -0.15) is 5.10 Å². The Morgan fingerprint density at radius 1 is 1.15 bits per heavy atom. The highest BCUT2D eigenvalue weighted by molar-refractivity contribution is 6.34. The van der Waals surface area contributed by atoms with E-state index in [-0.39, 0.29) is 5.91 Å². The lowest BCUT2D eigenvalue weighted by Crippen LogP contribution is -2.19. The van der Waals surface area contributed by atoms with Gasteiger partial charge >= 0.3 is 0 Å². The number of rotatable bonds is 3. The molecule has 0 radical (unpaired) electrons. The van der Waals surface area contributed by atoms with Gasteiger partial charge in [-0.1, -0.05) is 29.8 Å². The first-order chi connectivity index (χ1) is 9.58. The van der Waals surface area contributed by atoms with E-state index in [1.807, 2.05) is 18.2 Å². The molecule has 0 aliphatic carbocycles. The Labute approximate surface area is 122 Å².